The highest BCUT2D eigenvalue weighted by Crippen LogP contribution is 2.26. The van der Waals surface area contributed by atoms with Crippen LogP contribution >= 0.6 is 11.8 Å². The Morgan fingerprint density at radius 1 is 0.944 bits per heavy atom. The summed E-state index contributed by atoms with van der Waals surface area (Å²) in [5.41, 5.74) is 5.11. The lowest BCUT2D eigenvalue weighted by Crippen LogP contribution is -2.41. The van der Waals surface area contributed by atoms with E-state index in [1.165, 1.54) is 15.4 Å². The van der Waals surface area contributed by atoms with Crippen LogP contribution < -0.4 is 9.62 Å². The maximum absolute atomic E-state index is 13.5. The molecule has 0 unspecified atom stereocenters. The van der Waals surface area contributed by atoms with Gasteiger partial charge in [-0.25, -0.2) is 8.42 Å². The minimum absolute atomic E-state index is 0.168. The number of thioether (sulfide) groups is 1. The first kappa shape index (κ1) is 27.8. The number of nitrogens with one attached hydrogen (secondary N) is 1. The Morgan fingerprint density at radius 3 is 2.28 bits per heavy atom. The fourth-order valence-electron chi connectivity index (χ4n) is 3.76. The Labute approximate surface area is 220 Å². The van der Waals surface area contributed by atoms with E-state index in [1.807, 2.05) is 30.8 Å². The van der Waals surface area contributed by atoms with Gasteiger partial charge in [0.1, 0.15) is 6.54 Å². The monoisotopic (exact) mass is 524 g/mol. The average Bonchev–Trinajstić information content (AvgIpc) is 2.85. The summed E-state index contributed by atoms with van der Waals surface area (Å²) in [5, 5.41) is 2.89. The minimum atomic E-state index is -3.90. The Hall–Kier alpha value is -2.77. The van der Waals surface area contributed by atoms with Crippen molar-refractivity contribution in [1.82, 2.24) is 5.32 Å². The number of anilines is 1. The molecule has 0 spiro atoms. The molecule has 0 fully saturated rings. The summed E-state index contributed by atoms with van der Waals surface area (Å²) in [5.74, 6) is 1.86. The third-order valence-corrected chi connectivity index (χ3v) is 8.79. The molecule has 1 N–H and O–H groups in total. The van der Waals surface area contributed by atoms with Gasteiger partial charge in [-0.2, -0.15) is 11.8 Å². The summed E-state index contributed by atoms with van der Waals surface area (Å²) in [7, 11) is -3.90. The van der Waals surface area contributed by atoms with Gasteiger partial charge in [-0.1, -0.05) is 73.5 Å². The van der Waals surface area contributed by atoms with Crippen LogP contribution in [0.2, 0.25) is 0 Å². The zero-order valence-electron chi connectivity index (χ0n) is 21.5. The molecule has 0 bridgehead atoms. The minimum Gasteiger partial charge on any atom is -0.354 e. The second-order valence-corrected chi connectivity index (χ2v) is 12.3. The molecule has 7 heteroatoms. The van der Waals surface area contributed by atoms with Gasteiger partial charge in [0.25, 0.3) is 10.0 Å². The first-order chi connectivity index (χ1) is 17.2. The highest BCUT2D eigenvalue weighted by Gasteiger charge is 2.27. The molecule has 3 rings (SSSR count). The lowest BCUT2D eigenvalue weighted by molar-refractivity contribution is -0.119. The second-order valence-electron chi connectivity index (χ2n) is 9.32. The molecule has 192 valence electrons. The lowest BCUT2D eigenvalue weighted by atomic mass is 10.0. The second kappa shape index (κ2) is 13.0. The number of hydrogen-bond acceptors (Lipinski definition) is 4. The summed E-state index contributed by atoms with van der Waals surface area (Å²) >= 11 is 1.83. The molecule has 3 aromatic carbocycles. The van der Waals surface area contributed by atoms with Gasteiger partial charge in [0.2, 0.25) is 5.91 Å². The Balaban J connectivity index is 1.62. The van der Waals surface area contributed by atoms with E-state index in [1.54, 1.807) is 36.4 Å². The van der Waals surface area contributed by atoms with E-state index < -0.39 is 10.0 Å². The predicted molar refractivity (Wildman–Crippen MR) is 151 cm³/mol. The summed E-state index contributed by atoms with van der Waals surface area (Å²) in [6.07, 6.45) is 0.815. The molecule has 0 saturated heterocycles. The molecule has 5 nitrogen and oxygen atoms in total. The molecule has 1 amide bonds. The molecule has 36 heavy (non-hydrogen) atoms. The largest absolute Gasteiger partial charge is 0.354 e. The lowest BCUT2D eigenvalue weighted by Gasteiger charge is -2.24. The third kappa shape index (κ3) is 7.87. The highest BCUT2D eigenvalue weighted by atomic mass is 32.2. The quantitative estimate of drug-likeness (QED) is 0.292. The number of carbonyl (C=O) groups is 1. The predicted octanol–water partition coefficient (Wildman–Crippen LogP) is 6.06. The molecule has 0 aromatic heterocycles. The van der Waals surface area contributed by atoms with E-state index >= 15 is 0 Å². The molecule has 0 aliphatic carbocycles. The molecule has 0 aliphatic rings. The maximum Gasteiger partial charge on any atom is 0.264 e. The van der Waals surface area contributed by atoms with Gasteiger partial charge in [0.15, 0.2) is 0 Å². The average molecular weight is 525 g/mol. The number of sulfonamides is 1. The van der Waals surface area contributed by atoms with Crippen molar-refractivity contribution in [2.24, 2.45) is 0 Å². The molecule has 0 saturated carbocycles. The van der Waals surface area contributed by atoms with E-state index in [0.717, 1.165) is 29.1 Å². The number of amides is 1. The number of nitrogens with zero attached hydrogens (tertiary/aromatic N) is 1. The van der Waals surface area contributed by atoms with Crippen molar-refractivity contribution < 1.29 is 13.2 Å². The standard InChI is InChI=1S/C29H36N2O3S2/c1-22(2)26-11-13-27(14-12-26)31(36(33,34)28-15-9-23(3)10-16-28)20-29(32)30-17-6-18-35-21-25-8-5-7-24(4)19-25/h5,7-16,19,22H,6,17-18,20-21H2,1-4H3,(H,30,32). The van der Waals surface area contributed by atoms with Crippen LogP contribution in [-0.2, 0) is 20.6 Å². The van der Waals surface area contributed by atoms with E-state index in [4.69, 9.17) is 0 Å². The van der Waals surface area contributed by atoms with Crippen LogP contribution in [0.4, 0.5) is 5.69 Å². The van der Waals surface area contributed by atoms with Crippen molar-refractivity contribution in [2.75, 3.05) is 23.1 Å². The summed E-state index contributed by atoms with van der Waals surface area (Å²) in [4.78, 5) is 13.0. The van der Waals surface area contributed by atoms with Crippen molar-refractivity contribution in [3.8, 4) is 0 Å². The van der Waals surface area contributed by atoms with E-state index in [0.29, 0.717) is 18.2 Å². The summed E-state index contributed by atoms with van der Waals surface area (Å²) < 4.78 is 28.2. The SMILES string of the molecule is Cc1ccc(S(=O)(=O)N(CC(=O)NCCCSCc2cccc(C)c2)c2ccc(C(C)C)cc2)cc1. The molecule has 0 aliphatic heterocycles. The van der Waals surface area contributed by atoms with E-state index in [9.17, 15) is 13.2 Å². The summed E-state index contributed by atoms with van der Waals surface area (Å²) in [6, 6.07) is 22.6. The number of carbonyl (C=O) groups excluding carboxylic acids is 1. The van der Waals surface area contributed by atoms with Gasteiger partial charge >= 0.3 is 0 Å². The Bertz CT molecular complexity index is 1240. The van der Waals surface area contributed by atoms with Gasteiger partial charge in [0, 0.05) is 12.3 Å². The normalized spacial score (nSPS) is 11.5. The molecule has 3 aromatic rings. The van der Waals surface area contributed by atoms with Crippen LogP contribution in [0.3, 0.4) is 0 Å². The zero-order chi connectivity index (χ0) is 26.1. The van der Waals surface area contributed by atoms with Crippen LogP contribution in [-0.4, -0.2) is 33.2 Å². The molecular weight excluding hydrogens is 488 g/mol. The number of benzene rings is 3. The topological polar surface area (TPSA) is 66.5 Å². The molecule has 0 heterocycles. The smallest absolute Gasteiger partial charge is 0.264 e. The number of rotatable bonds is 12. The number of aryl methyl sites for hydroxylation is 2. The van der Waals surface area contributed by atoms with Gasteiger partial charge in [-0.15, -0.1) is 0 Å². The van der Waals surface area contributed by atoms with E-state index in [-0.39, 0.29) is 17.3 Å². The van der Waals surface area contributed by atoms with Crippen molar-refractivity contribution in [1.29, 1.82) is 0 Å². The van der Waals surface area contributed by atoms with Crippen LogP contribution in [0.1, 0.15) is 48.4 Å². The van der Waals surface area contributed by atoms with Crippen molar-refractivity contribution in [3.63, 3.8) is 0 Å². The molecule has 0 radical (unpaired) electrons. The van der Waals surface area contributed by atoms with Gasteiger partial charge < -0.3 is 5.32 Å². The molecule has 0 atom stereocenters. The van der Waals surface area contributed by atoms with Crippen LogP contribution in [0.15, 0.2) is 77.7 Å². The van der Waals surface area contributed by atoms with Crippen molar-refractivity contribution in [3.05, 3.63) is 95.1 Å². The number of hydrogen-bond donors (Lipinski definition) is 1. The first-order valence-electron chi connectivity index (χ1n) is 12.3. The molecular formula is C29H36N2O3S2. The first-order valence-corrected chi connectivity index (χ1v) is 14.9. The fraction of sp³-hybridized carbons (Fsp3) is 0.345. The third-order valence-electron chi connectivity index (χ3n) is 5.88. The van der Waals surface area contributed by atoms with Gasteiger partial charge in [-0.3, -0.25) is 9.10 Å². The van der Waals surface area contributed by atoms with Gasteiger partial charge in [-0.05, 0) is 67.3 Å². The Morgan fingerprint density at radius 2 is 1.64 bits per heavy atom. The van der Waals surface area contributed by atoms with E-state index in [2.05, 4.69) is 50.4 Å². The van der Waals surface area contributed by atoms with Crippen molar-refractivity contribution >= 4 is 33.4 Å². The van der Waals surface area contributed by atoms with Crippen LogP contribution in [0, 0.1) is 13.8 Å². The maximum atomic E-state index is 13.5. The summed E-state index contributed by atoms with van der Waals surface area (Å²) in [6.45, 7) is 8.40. The fourth-order valence-corrected chi connectivity index (χ4v) is 6.09. The van der Waals surface area contributed by atoms with Crippen LogP contribution in [0.5, 0.6) is 0 Å². The van der Waals surface area contributed by atoms with Gasteiger partial charge in [0.05, 0.1) is 10.6 Å². The van der Waals surface area contributed by atoms with Crippen molar-refractivity contribution in [2.45, 2.75) is 50.7 Å². The van der Waals surface area contributed by atoms with Crippen LogP contribution in [0.25, 0.3) is 0 Å². The Kier molecular flexibility index (Phi) is 10.0. The highest BCUT2D eigenvalue weighted by molar-refractivity contribution is 7.98. The zero-order valence-corrected chi connectivity index (χ0v) is 23.2.